The van der Waals surface area contributed by atoms with Crippen LogP contribution in [-0.2, 0) is 21.6 Å². The molecule has 0 spiro atoms. The van der Waals surface area contributed by atoms with Gasteiger partial charge < -0.3 is 9.84 Å². The summed E-state index contributed by atoms with van der Waals surface area (Å²) < 4.78 is 32.8. The van der Waals surface area contributed by atoms with Crippen molar-refractivity contribution in [3.63, 3.8) is 0 Å². The minimum absolute atomic E-state index is 0.0543. The van der Waals surface area contributed by atoms with E-state index >= 15 is 0 Å². The van der Waals surface area contributed by atoms with Gasteiger partial charge in [-0.1, -0.05) is 24.3 Å². The van der Waals surface area contributed by atoms with Crippen LogP contribution in [0, 0.1) is 18.6 Å². The maximum atomic E-state index is 13.9. The van der Waals surface area contributed by atoms with Crippen LogP contribution in [0.5, 0.6) is 0 Å². The van der Waals surface area contributed by atoms with Gasteiger partial charge in [-0.25, -0.2) is 8.78 Å². The van der Waals surface area contributed by atoms with Crippen LogP contribution in [-0.4, -0.2) is 17.2 Å². The molecule has 1 saturated carbocycles. The van der Waals surface area contributed by atoms with E-state index in [0.717, 1.165) is 5.56 Å². The molecule has 1 fully saturated rings. The fourth-order valence-corrected chi connectivity index (χ4v) is 3.77. The zero-order chi connectivity index (χ0) is 18.7. The van der Waals surface area contributed by atoms with Crippen LogP contribution in [0.1, 0.15) is 42.4 Å². The average Bonchev–Trinajstić information content (AvgIpc) is 2.64. The van der Waals surface area contributed by atoms with Crippen molar-refractivity contribution in [3.8, 4) is 0 Å². The predicted octanol–water partition coefficient (Wildman–Crippen LogP) is 4.76. The second kappa shape index (κ2) is 7.54. The SMILES string of the molecule is Cc1c(F)cccc1[C@]1(C(=O)O)CC[C@H](OCc2ccc(F)cc2)CC1. The van der Waals surface area contributed by atoms with Crippen LogP contribution >= 0.6 is 0 Å². The Hall–Kier alpha value is -2.27. The van der Waals surface area contributed by atoms with E-state index in [1.807, 2.05) is 0 Å². The van der Waals surface area contributed by atoms with Crippen molar-refractivity contribution in [1.82, 2.24) is 0 Å². The minimum Gasteiger partial charge on any atom is -0.481 e. The average molecular weight is 360 g/mol. The Morgan fingerprint density at radius 1 is 1.15 bits per heavy atom. The van der Waals surface area contributed by atoms with Crippen molar-refractivity contribution in [2.45, 2.75) is 50.7 Å². The Kier molecular flexibility index (Phi) is 5.37. The number of carboxylic acid groups (broad SMARTS) is 1. The van der Waals surface area contributed by atoms with Gasteiger partial charge in [-0.3, -0.25) is 4.79 Å². The maximum absolute atomic E-state index is 13.9. The van der Waals surface area contributed by atoms with Crippen molar-refractivity contribution in [3.05, 3.63) is 70.8 Å². The molecule has 0 heterocycles. The smallest absolute Gasteiger partial charge is 0.314 e. The molecule has 1 N–H and O–H groups in total. The Labute approximate surface area is 151 Å². The lowest BCUT2D eigenvalue weighted by Gasteiger charge is -2.38. The molecule has 5 heteroatoms. The first-order chi connectivity index (χ1) is 12.4. The molecule has 0 unspecified atom stereocenters. The Morgan fingerprint density at radius 2 is 1.81 bits per heavy atom. The van der Waals surface area contributed by atoms with Gasteiger partial charge >= 0.3 is 5.97 Å². The molecule has 26 heavy (non-hydrogen) atoms. The van der Waals surface area contributed by atoms with Gasteiger partial charge in [-0.2, -0.15) is 0 Å². The zero-order valence-electron chi connectivity index (χ0n) is 14.7. The second-order valence-electron chi connectivity index (χ2n) is 6.94. The first-order valence-electron chi connectivity index (χ1n) is 8.77. The quantitative estimate of drug-likeness (QED) is 0.837. The van der Waals surface area contributed by atoms with Crippen LogP contribution in [0.3, 0.4) is 0 Å². The van der Waals surface area contributed by atoms with Gasteiger partial charge in [-0.05, 0) is 67.5 Å². The normalized spacial score (nSPS) is 23.0. The van der Waals surface area contributed by atoms with E-state index in [0.29, 0.717) is 43.4 Å². The molecule has 3 nitrogen and oxygen atoms in total. The Morgan fingerprint density at radius 3 is 2.42 bits per heavy atom. The number of carbonyl (C=O) groups is 1. The Balaban J connectivity index is 1.69. The van der Waals surface area contributed by atoms with E-state index in [1.54, 1.807) is 31.2 Å². The Bertz CT molecular complexity index is 778. The summed E-state index contributed by atoms with van der Waals surface area (Å²) in [7, 11) is 0. The number of carboxylic acids is 1. The monoisotopic (exact) mass is 360 g/mol. The van der Waals surface area contributed by atoms with Gasteiger partial charge in [0.15, 0.2) is 0 Å². The highest BCUT2D eigenvalue weighted by Gasteiger charge is 2.44. The van der Waals surface area contributed by atoms with Crippen LogP contribution < -0.4 is 0 Å². The molecule has 0 saturated heterocycles. The molecule has 138 valence electrons. The molecule has 0 radical (unpaired) electrons. The molecule has 3 rings (SSSR count). The van der Waals surface area contributed by atoms with Crippen molar-refractivity contribution in [1.29, 1.82) is 0 Å². The summed E-state index contributed by atoms with van der Waals surface area (Å²) in [5.41, 5.74) is 0.770. The molecule has 0 aromatic heterocycles. The summed E-state index contributed by atoms with van der Waals surface area (Å²) in [5, 5.41) is 9.88. The summed E-state index contributed by atoms with van der Waals surface area (Å²) in [5.74, 6) is -1.58. The predicted molar refractivity (Wildman–Crippen MR) is 93.9 cm³/mol. The standard InChI is InChI=1S/C21H22F2O3/c1-14-18(3-2-4-19(14)23)21(20(24)25)11-9-17(10-12-21)26-13-15-5-7-16(22)8-6-15/h2-8,17H,9-13H2,1H3,(H,24,25)/t17-,21-. The van der Waals surface area contributed by atoms with Gasteiger partial charge in [0.25, 0.3) is 0 Å². The lowest BCUT2D eigenvalue weighted by molar-refractivity contribution is -0.146. The van der Waals surface area contributed by atoms with Crippen molar-refractivity contribution in [2.75, 3.05) is 0 Å². The number of rotatable bonds is 5. The van der Waals surface area contributed by atoms with Crippen molar-refractivity contribution in [2.24, 2.45) is 0 Å². The minimum atomic E-state index is -1.07. The summed E-state index contributed by atoms with van der Waals surface area (Å²) in [6.07, 6.45) is 1.93. The molecule has 2 aromatic rings. The molecule has 0 bridgehead atoms. The zero-order valence-corrected chi connectivity index (χ0v) is 14.7. The van der Waals surface area contributed by atoms with Crippen molar-refractivity contribution < 1.29 is 23.4 Å². The topological polar surface area (TPSA) is 46.5 Å². The summed E-state index contributed by atoms with van der Waals surface area (Å²) in [6, 6.07) is 10.8. The van der Waals surface area contributed by atoms with Crippen LogP contribution in [0.15, 0.2) is 42.5 Å². The number of hydrogen-bond donors (Lipinski definition) is 1. The highest BCUT2D eigenvalue weighted by Crippen LogP contribution is 2.42. The van der Waals surface area contributed by atoms with Gasteiger partial charge in [0.2, 0.25) is 0 Å². The second-order valence-corrected chi connectivity index (χ2v) is 6.94. The van der Waals surface area contributed by atoms with E-state index in [2.05, 4.69) is 0 Å². The third kappa shape index (κ3) is 3.63. The third-order valence-electron chi connectivity index (χ3n) is 5.38. The van der Waals surface area contributed by atoms with Gasteiger partial charge in [0.1, 0.15) is 11.6 Å². The van der Waals surface area contributed by atoms with E-state index < -0.39 is 11.4 Å². The molecule has 1 aliphatic carbocycles. The molecular weight excluding hydrogens is 338 g/mol. The number of hydrogen-bond acceptors (Lipinski definition) is 2. The summed E-state index contributed by atoms with van der Waals surface area (Å²) in [6.45, 7) is 2.00. The largest absolute Gasteiger partial charge is 0.481 e. The first kappa shape index (κ1) is 18.5. The lowest BCUT2D eigenvalue weighted by atomic mass is 9.67. The highest BCUT2D eigenvalue weighted by atomic mass is 19.1. The fraction of sp³-hybridized carbons (Fsp3) is 0.381. The molecule has 0 amide bonds. The maximum Gasteiger partial charge on any atom is 0.314 e. The van der Waals surface area contributed by atoms with Crippen molar-refractivity contribution >= 4 is 5.97 Å². The molecule has 0 aliphatic heterocycles. The van der Waals surface area contributed by atoms with Crippen LogP contribution in [0.2, 0.25) is 0 Å². The van der Waals surface area contributed by atoms with Gasteiger partial charge in [-0.15, -0.1) is 0 Å². The summed E-state index contributed by atoms with van der Waals surface area (Å²) >= 11 is 0. The molecular formula is C21H22F2O3. The van der Waals surface area contributed by atoms with Crippen LogP contribution in [0.25, 0.3) is 0 Å². The highest BCUT2D eigenvalue weighted by molar-refractivity contribution is 5.82. The van der Waals surface area contributed by atoms with Gasteiger partial charge in [0.05, 0.1) is 18.1 Å². The van der Waals surface area contributed by atoms with Crippen LogP contribution in [0.4, 0.5) is 8.78 Å². The van der Waals surface area contributed by atoms with E-state index in [4.69, 9.17) is 4.74 Å². The van der Waals surface area contributed by atoms with Gasteiger partial charge in [0, 0.05) is 0 Å². The number of ether oxygens (including phenoxy) is 1. The summed E-state index contributed by atoms with van der Waals surface area (Å²) in [4.78, 5) is 12.1. The molecule has 1 aliphatic rings. The molecule has 2 aromatic carbocycles. The van der Waals surface area contributed by atoms with E-state index in [-0.39, 0.29) is 17.7 Å². The third-order valence-corrected chi connectivity index (χ3v) is 5.38. The first-order valence-corrected chi connectivity index (χ1v) is 8.77. The number of halogens is 2. The van der Waals surface area contributed by atoms with E-state index in [1.165, 1.54) is 18.2 Å². The fourth-order valence-electron chi connectivity index (χ4n) is 3.77. The van der Waals surface area contributed by atoms with E-state index in [9.17, 15) is 18.7 Å². The molecule has 0 atom stereocenters. The number of aliphatic carboxylic acids is 1. The lowest BCUT2D eigenvalue weighted by Crippen LogP contribution is -2.42. The number of benzene rings is 2.